The standard InChI is InChI=1S/C13H13FN2O2/c1-16(8-10-3-2-6-18-10)13(17)11-7-9(14)4-5-12(11)15/h2-7H,8,15H2,1H3. The molecule has 1 amide bonds. The highest BCUT2D eigenvalue weighted by atomic mass is 19.1. The van der Waals surface area contributed by atoms with Crippen LogP contribution in [0.4, 0.5) is 10.1 Å². The molecule has 0 atom stereocenters. The number of rotatable bonds is 3. The number of hydrogen-bond donors (Lipinski definition) is 1. The van der Waals surface area contributed by atoms with Gasteiger partial charge in [-0.15, -0.1) is 0 Å². The molecule has 94 valence electrons. The van der Waals surface area contributed by atoms with Crippen molar-refractivity contribution in [3.8, 4) is 0 Å². The summed E-state index contributed by atoms with van der Waals surface area (Å²) < 4.78 is 18.2. The predicted molar refractivity (Wildman–Crippen MR) is 65.3 cm³/mol. The van der Waals surface area contributed by atoms with Gasteiger partial charge in [0.2, 0.25) is 0 Å². The first-order valence-corrected chi connectivity index (χ1v) is 5.41. The predicted octanol–water partition coefficient (Wildman–Crippen LogP) is 2.27. The van der Waals surface area contributed by atoms with Gasteiger partial charge in [0.15, 0.2) is 0 Å². The van der Waals surface area contributed by atoms with Crippen molar-refractivity contribution < 1.29 is 13.6 Å². The number of nitrogens with two attached hydrogens (primary N) is 1. The first-order chi connectivity index (χ1) is 8.58. The monoisotopic (exact) mass is 248 g/mol. The smallest absolute Gasteiger partial charge is 0.256 e. The molecule has 4 nitrogen and oxygen atoms in total. The lowest BCUT2D eigenvalue weighted by Gasteiger charge is -2.16. The Balaban J connectivity index is 2.17. The number of carbonyl (C=O) groups is 1. The number of benzene rings is 1. The van der Waals surface area contributed by atoms with Gasteiger partial charge >= 0.3 is 0 Å². The highest BCUT2D eigenvalue weighted by molar-refractivity contribution is 5.98. The maximum Gasteiger partial charge on any atom is 0.256 e. The van der Waals surface area contributed by atoms with Crippen LogP contribution in [0.1, 0.15) is 16.1 Å². The Morgan fingerprint density at radius 2 is 2.22 bits per heavy atom. The van der Waals surface area contributed by atoms with Crippen LogP contribution in [0.2, 0.25) is 0 Å². The van der Waals surface area contributed by atoms with E-state index in [4.69, 9.17) is 10.2 Å². The Labute approximate surface area is 104 Å². The van der Waals surface area contributed by atoms with Crippen molar-refractivity contribution in [2.24, 2.45) is 0 Å². The first kappa shape index (κ1) is 12.2. The van der Waals surface area contributed by atoms with E-state index in [0.29, 0.717) is 12.3 Å². The lowest BCUT2D eigenvalue weighted by atomic mass is 10.1. The molecule has 0 aliphatic carbocycles. The second-order valence-electron chi connectivity index (χ2n) is 3.97. The fourth-order valence-electron chi connectivity index (χ4n) is 1.63. The van der Waals surface area contributed by atoms with Crippen LogP contribution in [0.3, 0.4) is 0 Å². The average Bonchev–Trinajstić information content (AvgIpc) is 2.84. The van der Waals surface area contributed by atoms with Gasteiger partial charge in [-0.2, -0.15) is 0 Å². The third kappa shape index (κ3) is 2.51. The SMILES string of the molecule is CN(Cc1ccco1)C(=O)c1cc(F)ccc1N. The minimum Gasteiger partial charge on any atom is -0.467 e. The summed E-state index contributed by atoms with van der Waals surface area (Å²) in [6.07, 6.45) is 1.53. The lowest BCUT2D eigenvalue weighted by molar-refractivity contribution is 0.0776. The van der Waals surface area contributed by atoms with Crippen LogP contribution >= 0.6 is 0 Å². The lowest BCUT2D eigenvalue weighted by Crippen LogP contribution is -2.26. The molecule has 1 aromatic heterocycles. The van der Waals surface area contributed by atoms with E-state index < -0.39 is 5.82 Å². The first-order valence-electron chi connectivity index (χ1n) is 5.41. The molecule has 0 saturated carbocycles. The maximum atomic E-state index is 13.1. The number of hydrogen-bond acceptors (Lipinski definition) is 3. The normalized spacial score (nSPS) is 10.3. The van der Waals surface area contributed by atoms with Gasteiger partial charge in [0, 0.05) is 12.7 Å². The van der Waals surface area contributed by atoms with Crippen molar-refractivity contribution in [3.05, 3.63) is 53.7 Å². The van der Waals surface area contributed by atoms with Crippen molar-refractivity contribution in [1.29, 1.82) is 0 Å². The molecule has 5 heteroatoms. The van der Waals surface area contributed by atoms with Crippen molar-refractivity contribution >= 4 is 11.6 Å². The number of amides is 1. The van der Waals surface area contributed by atoms with Gasteiger partial charge in [-0.1, -0.05) is 0 Å². The summed E-state index contributed by atoms with van der Waals surface area (Å²) in [7, 11) is 1.61. The number of furan rings is 1. The van der Waals surface area contributed by atoms with E-state index >= 15 is 0 Å². The summed E-state index contributed by atoms with van der Waals surface area (Å²) in [6, 6.07) is 7.24. The Bertz CT molecular complexity index is 552. The van der Waals surface area contributed by atoms with E-state index in [1.807, 2.05) is 0 Å². The molecule has 0 bridgehead atoms. The van der Waals surface area contributed by atoms with Gasteiger partial charge in [-0.3, -0.25) is 4.79 Å². The fourth-order valence-corrected chi connectivity index (χ4v) is 1.63. The minimum absolute atomic E-state index is 0.157. The van der Waals surface area contributed by atoms with Crippen molar-refractivity contribution in [2.75, 3.05) is 12.8 Å². The largest absolute Gasteiger partial charge is 0.467 e. The molecular weight excluding hydrogens is 235 g/mol. The van der Waals surface area contributed by atoms with E-state index in [-0.39, 0.29) is 17.2 Å². The van der Waals surface area contributed by atoms with Gasteiger partial charge < -0.3 is 15.1 Å². The highest BCUT2D eigenvalue weighted by Gasteiger charge is 2.16. The number of carbonyl (C=O) groups excluding carboxylic acids is 1. The average molecular weight is 248 g/mol. The maximum absolute atomic E-state index is 13.1. The molecule has 0 fully saturated rings. The fraction of sp³-hybridized carbons (Fsp3) is 0.154. The Morgan fingerprint density at radius 1 is 1.44 bits per heavy atom. The minimum atomic E-state index is -0.487. The molecule has 0 saturated heterocycles. The van der Waals surface area contributed by atoms with Crippen molar-refractivity contribution in [1.82, 2.24) is 4.90 Å². The molecule has 0 radical (unpaired) electrons. The van der Waals surface area contributed by atoms with E-state index in [2.05, 4.69) is 0 Å². The molecular formula is C13H13FN2O2. The van der Waals surface area contributed by atoms with E-state index in [1.165, 1.54) is 23.3 Å². The molecule has 2 aromatic rings. The Hall–Kier alpha value is -2.30. The third-order valence-corrected chi connectivity index (χ3v) is 2.57. The summed E-state index contributed by atoms with van der Waals surface area (Å²) in [5.74, 6) is -0.178. The molecule has 0 spiro atoms. The quantitative estimate of drug-likeness (QED) is 0.848. The van der Waals surface area contributed by atoms with Crippen molar-refractivity contribution in [2.45, 2.75) is 6.54 Å². The number of halogens is 1. The molecule has 0 unspecified atom stereocenters. The zero-order chi connectivity index (χ0) is 13.1. The van der Waals surface area contributed by atoms with Gasteiger partial charge in [0.25, 0.3) is 5.91 Å². The topological polar surface area (TPSA) is 59.5 Å². The van der Waals surface area contributed by atoms with Gasteiger partial charge in [-0.05, 0) is 30.3 Å². The van der Waals surface area contributed by atoms with Crippen LogP contribution in [-0.2, 0) is 6.54 Å². The van der Waals surface area contributed by atoms with Crippen LogP contribution in [0, 0.1) is 5.82 Å². The summed E-state index contributed by atoms with van der Waals surface area (Å²) in [6.45, 7) is 0.307. The van der Waals surface area contributed by atoms with Crippen molar-refractivity contribution in [3.63, 3.8) is 0 Å². The van der Waals surface area contributed by atoms with E-state index in [0.717, 1.165) is 6.07 Å². The summed E-state index contributed by atoms with van der Waals surface area (Å²) in [5.41, 5.74) is 6.08. The van der Waals surface area contributed by atoms with Crippen LogP contribution in [-0.4, -0.2) is 17.9 Å². The third-order valence-electron chi connectivity index (χ3n) is 2.57. The van der Waals surface area contributed by atoms with Gasteiger partial charge in [-0.25, -0.2) is 4.39 Å². The second kappa shape index (κ2) is 4.91. The molecule has 0 aliphatic heterocycles. The summed E-state index contributed by atoms with van der Waals surface area (Å²) >= 11 is 0. The van der Waals surface area contributed by atoms with Gasteiger partial charge in [0.05, 0.1) is 18.4 Å². The molecule has 2 rings (SSSR count). The van der Waals surface area contributed by atoms with E-state index in [9.17, 15) is 9.18 Å². The van der Waals surface area contributed by atoms with Crippen LogP contribution in [0.5, 0.6) is 0 Å². The zero-order valence-corrected chi connectivity index (χ0v) is 9.89. The van der Waals surface area contributed by atoms with Crippen LogP contribution in [0.25, 0.3) is 0 Å². The molecule has 1 heterocycles. The molecule has 2 N–H and O–H groups in total. The number of anilines is 1. The molecule has 1 aromatic carbocycles. The van der Waals surface area contributed by atoms with E-state index in [1.54, 1.807) is 19.2 Å². The Morgan fingerprint density at radius 3 is 2.89 bits per heavy atom. The summed E-state index contributed by atoms with van der Waals surface area (Å²) in [5, 5.41) is 0. The number of nitrogens with zero attached hydrogens (tertiary/aromatic N) is 1. The second-order valence-corrected chi connectivity index (χ2v) is 3.97. The zero-order valence-electron chi connectivity index (χ0n) is 9.89. The van der Waals surface area contributed by atoms with Crippen LogP contribution < -0.4 is 5.73 Å². The molecule has 18 heavy (non-hydrogen) atoms. The molecule has 0 aliphatic rings. The Kier molecular flexibility index (Phi) is 3.32. The highest BCUT2D eigenvalue weighted by Crippen LogP contribution is 2.16. The number of nitrogen functional groups attached to an aromatic ring is 1. The summed E-state index contributed by atoms with van der Waals surface area (Å²) in [4.78, 5) is 13.5. The van der Waals surface area contributed by atoms with Crippen LogP contribution in [0.15, 0.2) is 41.0 Å². The van der Waals surface area contributed by atoms with Gasteiger partial charge in [0.1, 0.15) is 11.6 Å².